The molecule has 32 heavy (non-hydrogen) atoms. The normalized spacial score (nSPS) is 10.9. The van der Waals surface area contributed by atoms with Crippen LogP contribution in [0.1, 0.15) is 44.7 Å². The van der Waals surface area contributed by atoms with Crippen LogP contribution in [0.3, 0.4) is 0 Å². The first-order valence-corrected chi connectivity index (χ1v) is 10.3. The zero-order valence-corrected chi connectivity index (χ0v) is 18.0. The molecule has 4 aromatic rings. The number of aromatic carboxylic acids is 1. The highest BCUT2D eigenvalue weighted by Crippen LogP contribution is 2.20. The quantitative estimate of drug-likeness (QED) is 0.428. The van der Waals surface area contributed by atoms with E-state index in [1.54, 1.807) is 4.68 Å². The Bertz CT molecular complexity index is 1210. The van der Waals surface area contributed by atoms with E-state index >= 15 is 0 Å². The highest BCUT2D eigenvalue weighted by molar-refractivity contribution is 5.86. The highest BCUT2D eigenvalue weighted by atomic mass is 16.5. The van der Waals surface area contributed by atoms with Gasteiger partial charge in [-0.2, -0.15) is 0 Å². The van der Waals surface area contributed by atoms with Crippen LogP contribution in [0.5, 0.6) is 5.75 Å². The largest absolute Gasteiger partial charge is 0.493 e. The molecule has 0 bridgehead atoms. The third-order valence-corrected chi connectivity index (χ3v) is 5.09. The summed E-state index contributed by atoms with van der Waals surface area (Å²) >= 11 is 0. The van der Waals surface area contributed by atoms with Crippen LogP contribution >= 0.6 is 0 Å². The van der Waals surface area contributed by atoms with Crippen molar-refractivity contribution in [3.05, 3.63) is 94.5 Å². The summed E-state index contributed by atoms with van der Waals surface area (Å²) in [5, 5.41) is 17.5. The van der Waals surface area contributed by atoms with E-state index in [1.165, 1.54) is 0 Å². The number of oxazole rings is 1. The molecule has 0 atom stereocenters. The lowest BCUT2D eigenvalue weighted by Crippen LogP contribution is -2.10. The third kappa shape index (κ3) is 5.03. The molecular weight excluding hydrogens is 408 g/mol. The minimum Gasteiger partial charge on any atom is -0.493 e. The predicted octanol–water partition coefficient (Wildman–Crippen LogP) is 3.84. The van der Waals surface area contributed by atoms with Gasteiger partial charge in [-0.25, -0.2) is 14.5 Å². The molecule has 0 saturated heterocycles. The molecule has 0 amide bonds. The van der Waals surface area contributed by atoms with Crippen molar-refractivity contribution < 1.29 is 19.1 Å². The lowest BCUT2D eigenvalue weighted by Gasteiger charge is -2.10. The van der Waals surface area contributed by atoms with Crippen LogP contribution in [0, 0.1) is 13.8 Å². The molecule has 0 spiro atoms. The van der Waals surface area contributed by atoms with E-state index in [0.29, 0.717) is 43.3 Å². The highest BCUT2D eigenvalue weighted by Gasteiger charge is 2.19. The van der Waals surface area contributed by atoms with Crippen molar-refractivity contribution in [1.29, 1.82) is 0 Å². The van der Waals surface area contributed by atoms with Gasteiger partial charge in [0, 0.05) is 19.8 Å². The monoisotopic (exact) mass is 432 g/mol. The van der Waals surface area contributed by atoms with Crippen molar-refractivity contribution in [2.45, 2.75) is 33.2 Å². The Labute approximate surface area is 185 Å². The molecule has 0 saturated carbocycles. The van der Waals surface area contributed by atoms with E-state index in [9.17, 15) is 9.90 Å². The number of hydrogen-bond donors (Lipinski definition) is 1. The van der Waals surface area contributed by atoms with Crippen LogP contribution in [0.15, 0.2) is 59.0 Å². The van der Waals surface area contributed by atoms with E-state index in [0.717, 1.165) is 22.6 Å². The Morgan fingerprint density at radius 2 is 1.88 bits per heavy atom. The lowest BCUT2D eigenvalue weighted by molar-refractivity contribution is 0.0689. The minimum absolute atomic E-state index is 0.0378. The SMILES string of the molecule is Cc1nc(CCOc2cccc(Cc3c(C(=O)O)nnn3Cc3ccccc3)c2)c(C)o1. The summed E-state index contributed by atoms with van der Waals surface area (Å²) in [6.07, 6.45) is 1.02. The number of carboxylic acids is 1. The van der Waals surface area contributed by atoms with Gasteiger partial charge >= 0.3 is 5.97 Å². The number of hydrogen-bond acceptors (Lipinski definition) is 6. The number of carboxylic acid groups (broad SMARTS) is 1. The minimum atomic E-state index is -1.09. The molecule has 0 radical (unpaired) electrons. The van der Waals surface area contributed by atoms with Crippen molar-refractivity contribution in [2.24, 2.45) is 0 Å². The van der Waals surface area contributed by atoms with E-state index in [-0.39, 0.29) is 5.69 Å². The summed E-state index contributed by atoms with van der Waals surface area (Å²) in [5.41, 5.74) is 3.33. The zero-order valence-electron chi connectivity index (χ0n) is 18.0. The van der Waals surface area contributed by atoms with Crippen molar-refractivity contribution in [3.63, 3.8) is 0 Å². The maximum Gasteiger partial charge on any atom is 0.358 e. The van der Waals surface area contributed by atoms with Gasteiger partial charge in [0.2, 0.25) is 0 Å². The molecule has 2 heterocycles. The maximum absolute atomic E-state index is 11.7. The summed E-state index contributed by atoms with van der Waals surface area (Å²) in [6, 6.07) is 17.4. The van der Waals surface area contributed by atoms with Gasteiger partial charge in [0.1, 0.15) is 11.5 Å². The Balaban J connectivity index is 1.48. The molecule has 0 aliphatic carbocycles. The predicted molar refractivity (Wildman–Crippen MR) is 117 cm³/mol. The summed E-state index contributed by atoms with van der Waals surface area (Å²) in [5.74, 6) is 1.07. The van der Waals surface area contributed by atoms with Gasteiger partial charge < -0.3 is 14.3 Å². The number of rotatable bonds is 9. The van der Waals surface area contributed by atoms with Crippen LogP contribution in [0.2, 0.25) is 0 Å². The van der Waals surface area contributed by atoms with Crippen LogP contribution in [-0.4, -0.2) is 37.7 Å². The van der Waals surface area contributed by atoms with Crippen molar-refractivity contribution in [2.75, 3.05) is 6.61 Å². The fourth-order valence-electron chi connectivity index (χ4n) is 3.57. The van der Waals surface area contributed by atoms with Crippen molar-refractivity contribution >= 4 is 5.97 Å². The van der Waals surface area contributed by atoms with Crippen molar-refractivity contribution in [3.8, 4) is 5.75 Å². The number of carbonyl (C=O) groups is 1. The van der Waals surface area contributed by atoms with Crippen LogP contribution in [-0.2, 0) is 19.4 Å². The van der Waals surface area contributed by atoms with Crippen LogP contribution in [0.25, 0.3) is 0 Å². The number of aromatic nitrogens is 4. The second-order valence-electron chi connectivity index (χ2n) is 7.49. The number of aryl methyl sites for hydroxylation is 2. The molecular formula is C24H24N4O4. The van der Waals surface area contributed by atoms with E-state index in [4.69, 9.17) is 9.15 Å². The first kappa shape index (κ1) is 21.3. The molecule has 0 aliphatic rings. The fourth-order valence-corrected chi connectivity index (χ4v) is 3.57. The van der Waals surface area contributed by atoms with Gasteiger partial charge in [0.05, 0.1) is 24.5 Å². The van der Waals surface area contributed by atoms with Gasteiger partial charge in [-0.15, -0.1) is 5.10 Å². The standard InChI is InChI=1S/C24H24N4O4/c1-16-21(25-17(2)32-16)11-12-31-20-10-6-9-19(13-20)14-22-23(24(29)30)26-27-28(22)15-18-7-4-3-5-8-18/h3-10,13H,11-12,14-15H2,1-2H3,(H,29,30). The fraction of sp³-hybridized carbons (Fsp3) is 0.250. The summed E-state index contributed by atoms with van der Waals surface area (Å²) in [7, 11) is 0. The van der Waals surface area contributed by atoms with Crippen LogP contribution in [0.4, 0.5) is 0 Å². The molecule has 4 rings (SSSR count). The molecule has 0 aliphatic heterocycles. The van der Waals surface area contributed by atoms with Gasteiger partial charge in [0.15, 0.2) is 11.6 Å². The summed E-state index contributed by atoms with van der Waals surface area (Å²) < 4.78 is 13.0. The van der Waals surface area contributed by atoms with Gasteiger partial charge in [-0.1, -0.05) is 47.7 Å². The maximum atomic E-state index is 11.7. The van der Waals surface area contributed by atoms with E-state index in [2.05, 4.69) is 15.3 Å². The lowest BCUT2D eigenvalue weighted by atomic mass is 10.1. The number of benzene rings is 2. The first-order valence-electron chi connectivity index (χ1n) is 10.3. The van der Waals surface area contributed by atoms with E-state index < -0.39 is 5.97 Å². The molecule has 8 nitrogen and oxygen atoms in total. The average molecular weight is 432 g/mol. The van der Waals surface area contributed by atoms with Gasteiger partial charge in [-0.05, 0) is 30.2 Å². The summed E-state index contributed by atoms with van der Waals surface area (Å²) in [6.45, 7) is 4.62. The third-order valence-electron chi connectivity index (χ3n) is 5.09. The zero-order chi connectivity index (χ0) is 22.5. The average Bonchev–Trinajstić information content (AvgIpc) is 3.31. The topological polar surface area (TPSA) is 103 Å². The Morgan fingerprint density at radius 3 is 2.59 bits per heavy atom. The molecule has 2 aromatic heterocycles. The van der Waals surface area contributed by atoms with Crippen LogP contribution < -0.4 is 4.74 Å². The van der Waals surface area contributed by atoms with Gasteiger partial charge in [-0.3, -0.25) is 0 Å². The molecule has 0 unspecified atom stereocenters. The number of ether oxygens (including phenoxy) is 1. The molecule has 0 fully saturated rings. The molecule has 164 valence electrons. The first-order chi connectivity index (χ1) is 15.5. The molecule has 8 heteroatoms. The van der Waals surface area contributed by atoms with E-state index in [1.807, 2.05) is 68.4 Å². The molecule has 1 N–H and O–H groups in total. The Hall–Kier alpha value is -3.94. The van der Waals surface area contributed by atoms with Crippen molar-refractivity contribution in [1.82, 2.24) is 20.0 Å². The smallest absolute Gasteiger partial charge is 0.358 e. The molecule has 2 aromatic carbocycles. The second-order valence-corrected chi connectivity index (χ2v) is 7.49. The Morgan fingerprint density at radius 1 is 1.09 bits per heavy atom. The second kappa shape index (κ2) is 9.47. The summed E-state index contributed by atoms with van der Waals surface area (Å²) in [4.78, 5) is 16.1. The Kier molecular flexibility index (Phi) is 6.30. The number of nitrogens with zero attached hydrogens (tertiary/aromatic N) is 4. The van der Waals surface area contributed by atoms with Gasteiger partial charge in [0.25, 0.3) is 0 Å².